The molecule has 1 aliphatic heterocycles. The van der Waals surface area contributed by atoms with E-state index in [-0.39, 0.29) is 18.1 Å². The van der Waals surface area contributed by atoms with Gasteiger partial charge in [-0.2, -0.15) is 0 Å². The zero-order valence-electron chi connectivity index (χ0n) is 14.7. The number of likely N-dealkylation sites (tertiary alicyclic amines) is 1. The first-order valence-corrected chi connectivity index (χ1v) is 8.12. The second kappa shape index (κ2) is 8.04. The van der Waals surface area contributed by atoms with E-state index in [1.165, 1.54) is 14.2 Å². The fraction of sp³-hybridized carbons (Fsp3) is 0.556. The van der Waals surface area contributed by atoms with Crippen LogP contribution in [-0.2, 0) is 9.53 Å². The Hall–Kier alpha value is -2.24. The monoisotopic (exact) mass is 335 g/mol. The van der Waals surface area contributed by atoms with Crippen molar-refractivity contribution in [3.05, 3.63) is 23.8 Å². The molecule has 2 rings (SSSR count). The van der Waals surface area contributed by atoms with Gasteiger partial charge in [-0.15, -0.1) is 0 Å². The normalized spacial score (nSPS) is 20.4. The lowest BCUT2D eigenvalue weighted by molar-refractivity contribution is -0.137. The van der Waals surface area contributed by atoms with Gasteiger partial charge in [-0.3, -0.25) is 4.79 Å². The number of para-hydroxylation sites is 1. The Bertz CT molecular complexity index is 591. The highest BCUT2D eigenvalue weighted by Gasteiger charge is 2.26. The summed E-state index contributed by atoms with van der Waals surface area (Å²) < 4.78 is 15.6. The molecule has 0 bridgehead atoms. The second-order valence-corrected chi connectivity index (χ2v) is 6.36. The van der Waals surface area contributed by atoms with E-state index in [4.69, 9.17) is 14.2 Å². The van der Waals surface area contributed by atoms with Crippen LogP contribution in [0.1, 0.15) is 30.6 Å². The quantitative estimate of drug-likeness (QED) is 0.773. The number of methoxy groups -OCH3 is 2. The van der Waals surface area contributed by atoms with Gasteiger partial charge in [0.05, 0.1) is 14.2 Å². The minimum absolute atomic E-state index is 0.163. The molecule has 0 aliphatic carbocycles. The van der Waals surface area contributed by atoms with E-state index in [1.807, 2.05) is 0 Å². The van der Waals surface area contributed by atoms with Crippen LogP contribution in [0.4, 0.5) is 0 Å². The molecule has 1 amide bonds. The summed E-state index contributed by atoms with van der Waals surface area (Å²) in [6.07, 6.45) is 1.12. The van der Waals surface area contributed by atoms with Crippen molar-refractivity contribution < 1.29 is 23.8 Å². The number of piperidine rings is 1. The van der Waals surface area contributed by atoms with Crippen molar-refractivity contribution in [2.45, 2.75) is 20.3 Å². The average Bonchev–Trinajstić information content (AvgIpc) is 2.57. The molecular formula is C18H25NO5. The molecule has 1 aromatic rings. The maximum atomic E-state index is 12.3. The van der Waals surface area contributed by atoms with Crippen molar-refractivity contribution >= 4 is 11.9 Å². The Kier molecular flexibility index (Phi) is 6.06. The third kappa shape index (κ3) is 4.19. The fourth-order valence-electron chi connectivity index (χ4n) is 3.21. The van der Waals surface area contributed by atoms with Gasteiger partial charge in [0, 0.05) is 13.1 Å². The number of esters is 1. The molecule has 6 nitrogen and oxygen atoms in total. The van der Waals surface area contributed by atoms with Crippen molar-refractivity contribution in [3.8, 4) is 11.5 Å². The van der Waals surface area contributed by atoms with Gasteiger partial charge >= 0.3 is 5.97 Å². The van der Waals surface area contributed by atoms with E-state index in [0.717, 1.165) is 6.42 Å². The Balaban J connectivity index is 1.99. The van der Waals surface area contributed by atoms with Crippen molar-refractivity contribution in [1.82, 2.24) is 4.90 Å². The molecule has 0 radical (unpaired) electrons. The smallest absolute Gasteiger partial charge is 0.342 e. The number of hydrogen-bond donors (Lipinski definition) is 0. The van der Waals surface area contributed by atoms with Crippen LogP contribution in [0, 0.1) is 11.8 Å². The number of rotatable bonds is 5. The topological polar surface area (TPSA) is 65.1 Å². The maximum Gasteiger partial charge on any atom is 0.342 e. The number of hydrogen-bond acceptors (Lipinski definition) is 5. The third-order valence-corrected chi connectivity index (χ3v) is 4.17. The van der Waals surface area contributed by atoms with Gasteiger partial charge in [-0.05, 0) is 30.4 Å². The Morgan fingerprint density at radius 2 is 1.79 bits per heavy atom. The molecule has 1 fully saturated rings. The van der Waals surface area contributed by atoms with Gasteiger partial charge in [-0.1, -0.05) is 19.9 Å². The molecule has 0 spiro atoms. The van der Waals surface area contributed by atoms with Crippen LogP contribution in [0.25, 0.3) is 0 Å². The van der Waals surface area contributed by atoms with Crippen molar-refractivity contribution in [2.24, 2.45) is 11.8 Å². The molecular weight excluding hydrogens is 310 g/mol. The van der Waals surface area contributed by atoms with Crippen LogP contribution in [-0.4, -0.2) is 50.7 Å². The van der Waals surface area contributed by atoms with Gasteiger partial charge in [0.1, 0.15) is 5.56 Å². The number of benzene rings is 1. The summed E-state index contributed by atoms with van der Waals surface area (Å²) in [6.45, 7) is 5.41. The van der Waals surface area contributed by atoms with E-state index in [0.29, 0.717) is 36.4 Å². The van der Waals surface area contributed by atoms with Crippen LogP contribution in [0.2, 0.25) is 0 Å². The van der Waals surface area contributed by atoms with Gasteiger partial charge in [0.2, 0.25) is 0 Å². The molecule has 0 unspecified atom stereocenters. The number of ether oxygens (including phenoxy) is 3. The van der Waals surface area contributed by atoms with Gasteiger partial charge < -0.3 is 19.1 Å². The number of amides is 1. The molecule has 0 saturated carbocycles. The molecule has 1 heterocycles. The summed E-state index contributed by atoms with van der Waals surface area (Å²) in [4.78, 5) is 26.3. The van der Waals surface area contributed by atoms with Gasteiger partial charge in [0.25, 0.3) is 5.91 Å². The lowest BCUT2D eigenvalue weighted by atomic mass is 9.92. The first-order valence-electron chi connectivity index (χ1n) is 8.12. The minimum atomic E-state index is -0.600. The molecule has 0 N–H and O–H groups in total. The molecule has 1 aromatic carbocycles. The first kappa shape index (κ1) is 18.1. The van der Waals surface area contributed by atoms with Crippen molar-refractivity contribution in [3.63, 3.8) is 0 Å². The number of carbonyl (C=O) groups is 2. The van der Waals surface area contributed by atoms with Crippen LogP contribution in [0.5, 0.6) is 11.5 Å². The molecule has 2 atom stereocenters. The fourth-order valence-corrected chi connectivity index (χ4v) is 3.21. The maximum absolute atomic E-state index is 12.3. The SMILES string of the molecule is COc1cccc(C(=O)OCC(=O)N2C[C@H](C)C[C@@H](C)C2)c1OC. The molecule has 1 aliphatic rings. The summed E-state index contributed by atoms with van der Waals surface area (Å²) in [5, 5.41) is 0. The Labute approximate surface area is 142 Å². The summed E-state index contributed by atoms with van der Waals surface area (Å²) >= 11 is 0. The Morgan fingerprint density at radius 1 is 1.12 bits per heavy atom. The highest BCUT2D eigenvalue weighted by Crippen LogP contribution is 2.31. The zero-order chi connectivity index (χ0) is 17.7. The molecule has 1 saturated heterocycles. The van der Waals surface area contributed by atoms with Crippen LogP contribution in [0.15, 0.2) is 18.2 Å². The van der Waals surface area contributed by atoms with E-state index < -0.39 is 5.97 Å². The zero-order valence-corrected chi connectivity index (χ0v) is 14.7. The minimum Gasteiger partial charge on any atom is -0.493 e. The van der Waals surface area contributed by atoms with Crippen LogP contribution in [0.3, 0.4) is 0 Å². The van der Waals surface area contributed by atoms with E-state index >= 15 is 0 Å². The van der Waals surface area contributed by atoms with E-state index in [2.05, 4.69) is 13.8 Å². The standard InChI is InChI=1S/C18H25NO5/c1-12-8-13(2)10-19(9-12)16(20)11-24-18(21)14-6-5-7-15(22-3)17(14)23-4/h5-7,12-13H,8-11H2,1-4H3/t12-,13-/m1/s1. The van der Waals surface area contributed by atoms with Gasteiger partial charge in [0.15, 0.2) is 18.1 Å². The molecule has 24 heavy (non-hydrogen) atoms. The lowest BCUT2D eigenvalue weighted by Gasteiger charge is -2.34. The first-order chi connectivity index (χ1) is 11.5. The molecule has 132 valence electrons. The predicted molar refractivity (Wildman–Crippen MR) is 89.4 cm³/mol. The summed E-state index contributed by atoms with van der Waals surface area (Å²) in [7, 11) is 2.95. The van der Waals surface area contributed by atoms with Crippen LogP contribution >= 0.6 is 0 Å². The van der Waals surface area contributed by atoms with E-state index in [9.17, 15) is 9.59 Å². The lowest BCUT2D eigenvalue weighted by Crippen LogP contribution is -2.44. The summed E-state index contributed by atoms with van der Waals surface area (Å²) in [5.74, 6) is 0.911. The average molecular weight is 335 g/mol. The largest absolute Gasteiger partial charge is 0.493 e. The van der Waals surface area contributed by atoms with Crippen molar-refractivity contribution in [2.75, 3.05) is 33.9 Å². The third-order valence-electron chi connectivity index (χ3n) is 4.17. The highest BCUT2D eigenvalue weighted by atomic mass is 16.5. The van der Waals surface area contributed by atoms with Gasteiger partial charge in [-0.25, -0.2) is 4.79 Å². The van der Waals surface area contributed by atoms with Crippen LogP contribution < -0.4 is 9.47 Å². The second-order valence-electron chi connectivity index (χ2n) is 6.36. The highest BCUT2D eigenvalue weighted by molar-refractivity contribution is 5.95. The summed E-state index contributed by atoms with van der Waals surface area (Å²) in [6, 6.07) is 4.95. The van der Waals surface area contributed by atoms with E-state index in [1.54, 1.807) is 23.1 Å². The Morgan fingerprint density at radius 3 is 2.38 bits per heavy atom. The molecule has 6 heteroatoms. The predicted octanol–water partition coefficient (Wildman–Crippen LogP) is 2.37. The number of nitrogens with zero attached hydrogens (tertiary/aromatic N) is 1. The summed E-state index contributed by atoms with van der Waals surface area (Å²) in [5.41, 5.74) is 0.241. The molecule has 0 aromatic heterocycles. The van der Waals surface area contributed by atoms with Crippen molar-refractivity contribution in [1.29, 1.82) is 0 Å². The number of carbonyl (C=O) groups excluding carboxylic acids is 2.